The van der Waals surface area contributed by atoms with Gasteiger partial charge in [0.05, 0.1) is 0 Å². The summed E-state index contributed by atoms with van der Waals surface area (Å²) in [6.45, 7) is 0. The van der Waals surface area contributed by atoms with Crippen molar-refractivity contribution in [2.24, 2.45) is 5.92 Å². The quantitative estimate of drug-likeness (QED) is 0.781. The third kappa shape index (κ3) is 3.04. The van der Waals surface area contributed by atoms with Crippen LogP contribution in [0.4, 0.5) is 0 Å². The molecule has 0 radical (unpaired) electrons. The fraction of sp³-hybridized carbons (Fsp3) is 0.389. The van der Waals surface area contributed by atoms with E-state index in [1.807, 2.05) is 12.1 Å². The first-order chi connectivity index (χ1) is 9.31. The molecule has 0 saturated heterocycles. The van der Waals surface area contributed by atoms with Gasteiger partial charge in [-0.25, -0.2) is 0 Å². The number of carbonyl (C=O) groups excluding carboxylic acids is 1. The van der Waals surface area contributed by atoms with Crippen LogP contribution in [0.15, 0.2) is 42.5 Å². The molecular weight excluding hydrogens is 232 g/mol. The highest BCUT2D eigenvalue weighted by molar-refractivity contribution is 5.86. The predicted molar refractivity (Wildman–Crippen MR) is 79.2 cm³/mol. The zero-order valence-corrected chi connectivity index (χ0v) is 11.3. The third-order valence-electron chi connectivity index (χ3n) is 4.21. The fourth-order valence-electron chi connectivity index (χ4n) is 3.19. The van der Waals surface area contributed by atoms with Gasteiger partial charge in [-0.15, -0.1) is 0 Å². The van der Waals surface area contributed by atoms with Crippen LogP contribution >= 0.6 is 0 Å². The Morgan fingerprint density at radius 2 is 1.74 bits per heavy atom. The Morgan fingerprint density at radius 1 is 1.00 bits per heavy atom. The van der Waals surface area contributed by atoms with Crippen LogP contribution in [0, 0.1) is 5.92 Å². The standard InChI is InChI=1S/C18H20O/c19-18(12-14-5-1-2-6-14)13-15-9-10-16-7-3-4-8-17(16)11-15/h3-4,7-11,14H,1-2,5-6,12-13H2. The van der Waals surface area contributed by atoms with Gasteiger partial charge in [-0.2, -0.15) is 0 Å². The minimum Gasteiger partial charge on any atom is -0.299 e. The first kappa shape index (κ1) is 12.4. The van der Waals surface area contributed by atoms with Gasteiger partial charge in [0, 0.05) is 12.8 Å². The van der Waals surface area contributed by atoms with Crippen LogP contribution in [0.25, 0.3) is 10.8 Å². The molecule has 0 aromatic heterocycles. The monoisotopic (exact) mass is 252 g/mol. The summed E-state index contributed by atoms with van der Waals surface area (Å²) in [6, 6.07) is 14.7. The summed E-state index contributed by atoms with van der Waals surface area (Å²) in [6.07, 6.45) is 6.52. The van der Waals surface area contributed by atoms with Crippen LogP contribution in [-0.2, 0) is 11.2 Å². The van der Waals surface area contributed by atoms with Gasteiger partial charge in [-0.3, -0.25) is 4.79 Å². The van der Waals surface area contributed by atoms with E-state index in [0.717, 1.165) is 12.0 Å². The lowest BCUT2D eigenvalue weighted by Crippen LogP contribution is -2.08. The van der Waals surface area contributed by atoms with Gasteiger partial charge in [0.15, 0.2) is 0 Å². The van der Waals surface area contributed by atoms with Crippen LogP contribution in [0.1, 0.15) is 37.7 Å². The van der Waals surface area contributed by atoms with E-state index in [4.69, 9.17) is 0 Å². The molecule has 1 nitrogen and oxygen atoms in total. The van der Waals surface area contributed by atoms with Crippen molar-refractivity contribution in [1.82, 2.24) is 0 Å². The van der Waals surface area contributed by atoms with E-state index < -0.39 is 0 Å². The number of Topliss-reactive ketones (excluding diaryl/α,β-unsaturated/α-hetero) is 1. The number of benzene rings is 2. The SMILES string of the molecule is O=C(Cc1ccc2ccccc2c1)CC1CCCC1. The molecule has 0 bridgehead atoms. The zero-order chi connectivity index (χ0) is 13.1. The Hall–Kier alpha value is -1.63. The van der Waals surface area contributed by atoms with Crippen LogP contribution in [0.5, 0.6) is 0 Å². The molecular formula is C18H20O. The lowest BCUT2D eigenvalue weighted by molar-refractivity contribution is -0.119. The molecule has 1 fully saturated rings. The molecule has 0 atom stereocenters. The maximum absolute atomic E-state index is 12.1. The van der Waals surface area contributed by atoms with Crippen molar-refractivity contribution >= 4 is 16.6 Å². The van der Waals surface area contributed by atoms with Crippen molar-refractivity contribution in [3.63, 3.8) is 0 Å². The minimum atomic E-state index is 0.405. The molecule has 2 aromatic carbocycles. The lowest BCUT2D eigenvalue weighted by Gasteiger charge is -2.08. The van der Waals surface area contributed by atoms with Gasteiger partial charge in [-0.1, -0.05) is 68.1 Å². The van der Waals surface area contributed by atoms with E-state index in [-0.39, 0.29) is 0 Å². The Bertz CT molecular complexity index is 579. The second-order valence-corrected chi connectivity index (χ2v) is 5.75. The minimum absolute atomic E-state index is 0.405. The molecule has 1 aliphatic rings. The average molecular weight is 252 g/mol. The molecule has 0 N–H and O–H groups in total. The Balaban J connectivity index is 1.68. The molecule has 0 amide bonds. The predicted octanol–water partition coefficient (Wildman–Crippen LogP) is 4.53. The lowest BCUT2D eigenvalue weighted by atomic mass is 9.96. The van der Waals surface area contributed by atoms with Gasteiger partial charge in [0.1, 0.15) is 5.78 Å². The smallest absolute Gasteiger partial charge is 0.137 e. The maximum Gasteiger partial charge on any atom is 0.137 e. The summed E-state index contributed by atoms with van der Waals surface area (Å²) in [5.74, 6) is 1.06. The van der Waals surface area contributed by atoms with E-state index in [2.05, 4.69) is 30.3 Å². The van der Waals surface area contributed by atoms with Gasteiger partial charge >= 0.3 is 0 Å². The summed E-state index contributed by atoms with van der Waals surface area (Å²) in [7, 11) is 0. The largest absolute Gasteiger partial charge is 0.299 e. The maximum atomic E-state index is 12.1. The molecule has 98 valence electrons. The zero-order valence-electron chi connectivity index (χ0n) is 11.3. The topological polar surface area (TPSA) is 17.1 Å². The molecule has 1 aliphatic carbocycles. The molecule has 2 aromatic rings. The highest BCUT2D eigenvalue weighted by Gasteiger charge is 2.18. The summed E-state index contributed by atoms with van der Waals surface area (Å²) in [5.41, 5.74) is 1.15. The number of carbonyl (C=O) groups is 1. The summed E-state index contributed by atoms with van der Waals surface area (Å²) >= 11 is 0. The number of ketones is 1. The van der Waals surface area contributed by atoms with Crippen LogP contribution in [0.3, 0.4) is 0 Å². The van der Waals surface area contributed by atoms with Crippen molar-refractivity contribution < 1.29 is 4.79 Å². The Labute approximate surface area is 114 Å². The normalized spacial score (nSPS) is 16.0. The number of fused-ring (bicyclic) bond motifs is 1. The van der Waals surface area contributed by atoms with Crippen LogP contribution in [-0.4, -0.2) is 5.78 Å². The van der Waals surface area contributed by atoms with Crippen molar-refractivity contribution in [2.45, 2.75) is 38.5 Å². The van der Waals surface area contributed by atoms with Crippen molar-refractivity contribution in [2.75, 3.05) is 0 Å². The molecule has 0 unspecified atom stereocenters. The summed E-state index contributed by atoms with van der Waals surface area (Å²) in [4.78, 5) is 12.1. The average Bonchev–Trinajstić information content (AvgIpc) is 2.91. The van der Waals surface area contributed by atoms with Gasteiger partial charge in [-0.05, 0) is 22.3 Å². The van der Waals surface area contributed by atoms with E-state index in [1.54, 1.807) is 0 Å². The van der Waals surface area contributed by atoms with Crippen LogP contribution in [0.2, 0.25) is 0 Å². The van der Waals surface area contributed by atoms with E-state index in [9.17, 15) is 4.79 Å². The van der Waals surface area contributed by atoms with Crippen molar-refractivity contribution in [3.05, 3.63) is 48.0 Å². The second kappa shape index (κ2) is 5.56. The molecule has 0 heterocycles. The Morgan fingerprint density at radius 3 is 2.53 bits per heavy atom. The summed E-state index contributed by atoms with van der Waals surface area (Å²) < 4.78 is 0. The molecule has 0 spiro atoms. The van der Waals surface area contributed by atoms with E-state index in [0.29, 0.717) is 18.1 Å². The fourth-order valence-corrected chi connectivity index (χ4v) is 3.19. The molecule has 3 rings (SSSR count). The number of rotatable bonds is 4. The van der Waals surface area contributed by atoms with Gasteiger partial charge < -0.3 is 0 Å². The highest BCUT2D eigenvalue weighted by Crippen LogP contribution is 2.28. The molecule has 1 saturated carbocycles. The molecule has 0 aliphatic heterocycles. The van der Waals surface area contributed by atoms with E-state index >= 15 is 0 Å². The highest BCUT2D eigenvalue weighted by atomic mass is 16.1. The first-order valence-electron chi connectivity index (χ1n) is 7.30. The van der Waals surface area contributed by atoms with E-state index in [1.165, 1.54) is 36.5 Å². The van der Waals surface area contributed by atoms with Gasteiger partial charge in [0.25, 0.3) is 0 Å². The van der Waals surface area contributed by atoms with Crippen molar-refractivity contribution in [3.8, 4) is 0 Å². The van der Waals surface area contributed by atoms with Crippen LogP contribution < -0.4 is 0 Å². The molecule has 19 heavy (non-hydrogen) atoms. The Kier molecular flexibility index (Phi) is 3.63. The van der Waals surface area contributed by atoms with Gasteiger partial charge in [0.2, 0.25) is 0 Å². The number of hydrogen-bond donors (Lipinski definition) is 0. The molecule has 1 heteroatoms. The second-order valence-electron chi connectivity index (χ2n) is 5.75. The number of hydrogen-bond acceptors (Lipinski definition) is 1. The summed E-state index contributed by atoms with van der Waals surface area (Å²) in [5, 5.41) is 2.48. The van der Waals surface area contributed by atoms with Crippen molar-refractivity contribution in [1.29, 1.82) is 0 Å². The third-order valence-corrected chi connectivity index (χ3v) is 4.21. The first-order valence-corrected chi connectivity index (χ1v) is 7.30.